The van der Waals surface area contributed by atoms with Crippen LogP contribution in [0.2, 0.25) is 0 Å². The molecule has 7 heteroatoms. The van der Waals surface area contributed by atoms with E-state index in [1.165, 1.54) is 36.5 Å². The number of amides is 2. The summed E-state index contributed by atoms with van der Waals surface area (Å²) in [5.41, 5.74) is 1.67. The zero-order chi connectivity index (χ0) is 20.6. The second-order valence-electron chi connectivity index (χ2n) is 6.21. The second-order valence-corrected chi connectivity index (χ2v) is 6.21. The Kier molecular flexibility index (Phi) is 6.52. The number of pyridine rings is 1. The molecule has 0 aliphatic carbocycles. The molecule has 0 bridgehead atoms. The first-order valence-corrected chi connectivity index (χ1v) is 9.00. The lowest BCUT2D eigenvalue weighted by atomic mass is 10.1. The number of rotatable bonds is 7. The van der Waals surface area contributed by atoms with Crippen molar-refractivity contribution in [1.82, 2.24) is 10.3 Å². The van der Waals surface area contributed by atoms with Crippen LogP contribution in [0.5, 0.6) is 5.75 Å². The minimum absolute atomic E-state index is 0.0617. The predicted octanol–water partition coefficient (Wildman–Crippen LogP) is 3.45. The summed E-state index contributed by atoms with van der Waals surface area (Å²) in [4.78, 5) is 28.7. The lowest BCUT2D eigenvalue weighted by Crippen LogP contribution is -2.26. The number of aromatic nitrogens is 1. The van der Waals surface area contributed by atoms with E-state index in [9.17, 15) is 14.0 Å². The van der Waals surface area contributed by atoms with Gasteiger partial charge in [-0.3, -0.25) is 14.6 Å². The summed E-state index contributed by atoms with van der Waals surface area (Å²) in [6.45, 7) is 0.409. The van der Waals surface area contributed by atoms with E-state index in [0.29, 0.717) is 24.2 Å². The molecule has 1 heterocycles. The highest BCUT2D eigenvalue weighted by molar-refractivity contribution is 6.04. The first-order valence-electron chi connectivity index (χ1n) is 9.00. The fourth-order valence-corrected chi connectivity index (χ4v) is 2.78. The van der Waals surface area contributed by atoms with Crippen LogP contribution in [-0.2, 0) is 6.42 Å². The number of hydrogen-bond donors (Lipinski definition) is 2. The molecule has 148 valence electrons. The van der Waals surface area contributed by atoms with Gasteiger partial charge in [-0.25, -0.2) is 4.39 Å². The summed E-state index contributed by atoms with van der Waals surface area (Å²) in [7, 11) is 1.60. The highest BCUT2D eigenvalue weighted by Gasteiger charge is 2.12. The van der Waals surface area contributed by atoms with Gasteiger partial charge in [-0.15, -0.1) is 0 Å². The van der Waals surface area contributed by atoms with Crippen LogP contribution in [0.15, 0.2) is 66.9 Å². The van der Waals surface area contributed by atoms with Crippen LogP contribution in [0.4, 0.5) is 10.1 Å². The summed E-state index contributed by atoms with van der Waals surface area (Å²) >= 11 is 0. The number of hydrogen-bond acceptors (Lipinski definition) is 4. The number of carbonyl (C=O) groups excluding carboxylic acids is 2. The van der Waals surface area contributed by atoms with Crippen molar-refractivity contribution in [3.8, 4) is 5.75 Å². The molecule has 0 saturated carbocycles. The minimum Gasteiger partial charge on any atom is -0.496 e. The molecule has 1 aromatic heterocycles. The molecule has 2 N–H and O–H groups in total. The average Bonchev–Trinajstić information content (AvgIpc) is 2.74. The number of nitrogens with zero attached hydrogens (tertiary/aromatic N) is 1. The predicted molar refractivity (Wildman–Crippen MR) is 108 cm³/mol. The van der Waals surface area contributed by atoms with E-state index < -0.39 is 11.7 Å². The normalized spacial score (nSPS) is 10.3. The molecule has 3 rings (SSSR count). The largest absolute Gasteiger partial charge is 0.496 e. The lowest BCUT2D eigenvalue weighted by Gasteiger charge is -2.10. The van der Waals surface area contributed by atoms with Gasteiger partial charge in [0.25, 0.3) is 11.8 Å². The SMILES string of the molecule is COc1ccccc1CCNC(=O)c1ccnc(C(=O)Nc2cccc(F)c2)c1. The Bertz CT molecular complexity index is 1020. The van der Waals surface area contributed by atoms with Crippen molar-refractivity contribution < 1.29 is 18.7 Å². The molecule has 0 spiro atoms. The van der Waals surface area contributed by atoms with Crippen molar-refractivity contribution >= 4 is 17.5 Å². The maximum Gasteiger partial charge on any atom is 0.274 e. The Balaban J connectivity index is 1.61. The zero-order valence-electron chi connectivity index (χ0n) is 15.8. The summed E-state index contributed by atoms with van der Waals surface area (Å²) in [5.74, 6) is -0.540. The molecule has 6 nitrogen and oxygen atoms in total. The van der Waals surface area contributed by atoms with E-state index in [-0.39, 0.29) is 11.6 Å². The number of methoxy groups -OCH3 is 1. The van der Waals surface area contributed by atoms with Gasteiger partial charge < -0.3 is 15.4 Å². The molecule has 0 aliphatic rings. The fraction of sp³-hybridized carbons (Fsp3) is 0.136. The van der Waals surface area contributed by atoms with Crippen molar-refractivity contribution in [2.75, 3.05) is 19.0 Å². The van der Waals surface area contributed by atoms with E-state index in [2.05, 4.69) is 15.6 Å². The van der Waals surface area contributed by atoms with Gasteiger partial charge in [-0.05, 0) is 48.4 Å². The first kappa shape index (κ1) is 20.0. The van der Waals surface area contributed by atoms with Gasteiger partial charge in [0.05, 0.1) is 7.11 Å². The number of anilines is 1. The van der Waals surface area contributed by atoms with Crippen LogP contribution in [-0.4, -0.2) is 30.5 Å². The minimum atomic E-state index is -0.528. The standard InChI is InChI=1S/C22H20FN3O3/c1-29-20-8-3-2-5-15(20)9-12-25-21(27)16-10-11-24-19(13-16)22(28)26-18-7-4-6-17(23)14-18/h2-8,10-11,13-14H,9,12H2,1H3,(H,25,27)(H,26,28). The van der Waals surface area contributed by atoms with Crippen molar-refractivity contribution in [3.05, 3.63) is 89.5 Å². The smallest absolute Gasteiger partial charge is 0.274 e. The third-order valence-electron chi connectivity index (χ3n) is 4.21. The summed E-state index contributed by atoms with van der Waals surface area (Å²) in [6, 6.07) is 16.1. The van der Waals surface area contributed by atoms with E-state index in [0.717, 1.165) is 11.3 Å². The Morgan fingerprint density at radius 2 is 1.86 bits per heavy atom. The van der Waals surface area contributed by atoms with Crippen molar-refractivity contribution in [1.29, 1.82) is 0 Å². The molecule has 0 unspecified atom stereocenters. The van der Waals surface area contributed by atoms with Gasteiger partial charge >= 0.3 is 0 Å². The van der Waals surface area contributed by atoms with Gasteiger partial charge in [-0.1, -0.05) is 24.3 Å². The van der Waals surface area contributed by atoms with E-state index >= 15 is 0 Å². The van der Waals surface area contributed by atoms with Crippen LogP contribution in [0, 0.1) is 5.82 Å². The van der Waals surface area contributed by atoms with Crippen LogP contribution >= 0.6 is 0 Å². The average molecular weight is 393 g/mol. The van der Waals surface area contributed by atoms with Crippen LogP contribution < -0.4 is 15.4 Å². The summed E-state index contributed by atoms with van der Waals surface area (Å²) in [5, 5.41) is 5.37. The number of carbonyl (C=O) groups is 2. The van der Waals surface area contributed by atoms with Crippen LogP contribution in [0.25, 0.3) is 0 Å². The molecular formula is C22H20FN3O3. The lowest BCUT2D eigenvalue weighted by molar-refractivity contribution is 0.0954. The molecule has 0 saturated heterocycles. The van der Waals surface area contributed by atoms with Crippen LogP contribution in [0.1, 0.15) is 26.4 Å². The second kappa shape index (κ2) is 9.45. The molecule has 29 heavy (non-hydrogen) atoms. The highest BCUT2D eigenvalue weighted by Crippen LogP contribution is 2.17. The Labute approximate surface area is 167 Å². The molecule has 0 aliphatic heterocycles. The number of nitrogens with one attached hydrogen (secondary N) is 2. The van der Waals surface area contributed by atoms with E-state index in [1.807, 2.05) is 24.3 Å². The summed E-state index contributed by atoms with van der Waals surface area (Å²) in [6.07, 6.45) is 1.99. The molecule has 2 amide bonds. The number of ether oxygens (including phenoxy) is 1. The first-order chi connectivity index (χ1) is 14.1. The zero-order valence-corrected chi connectivity index (χ0v) is 15.8. The van der Waals surface area contributed by atoms with Crippen LogP contribution in [0.3, 0.4) is 0 Å². The molecular weight excluding hydrogens is 373 g/mol. The topological polar surface area (TPSA) is 80.3 Å². The maximum absolute atomic E-state index is 13.3. The molecule has 2 aromatic carbocycles. The monoisotopic (exact) mass is 393 g/mol. The number of benzene rings is 2. The Morgan fingerprint density at radius 1 is 1.03 bits per heavy atom. The van der Waals surface area contributed by atoms with Crippen molar-refractivity contribution in [2.45, 2.75) is 6.42 Å². The highest BCUT2D eigenvalue weighted by atomic mass is 19.1. The quantitative estimate of drug-likeness (QED) is 0.644. The van der Waals surface area contributed by atoms with Crippen molar-refractivity contribution in [3.63, 3.8) is 0 Å². The molecule has 0 atom stereocenters. The Hall–Kier alpha value is -3.74. The van der Waals surface area contributed by atoms with E-state index in [1.54, 1.807) is 13.2 Å². The van der Waals surface area contributed by atoms with Gasteiger partial charge in [0.2, 0.25) is 0 Å². The number of para-hydroxylation sites is 1. The molecule has 0 radical (unpaired) electrons. The summed E-state index contributed by atoms with van der Waals surface area (Å²) < 4.78 is 18.5. The van der Waals surface area contributed by atoms with Gasteiger partial charge in [0.15, 0.2) is 0 Å². The molecule has 0 fully saturated rings. The van der Waals surface area contributed by atoms with Gasteiger partial charge in [-0.2, -0.15) is 0 Å². The third kappa shape index (κ3) is 5.38. The van der Waals surface area contributed by atoms with Crippen molar-refractivity contribution in [2.24, 2.45) is 0 Å². The maximum atomic E-state index is 13.3. The fourth-order valence-electron chi connectivity index (χ4n) is 2.78. The molecule has 3 aromatic rings. The number of halogens is 1. The van der Waals surface area contributed by atoms with Gasteiger partial charge in [0.1, 0.15) is 17.3 Å². The van der Waals surface area contributed by atoms with Gasteiger partial charge in [0, 0.05) is 24.0 Å². The Morgan fingerprint density at radius 3 is 2.66 bits per heavy atom. The van der Waals surface area contributed by atoms with E-state index in [4.69, 9.17) is 4.74 Å². The third-order valence-corrected chi connectivity index (χ3v) is 4.21.